The van der Waals surface area contributed by atoms with Gasteiger partial charge in [-0.3, -0.25) is 5.32 Å². The SMILES string of the molecule is CC(C)(C)OC(=O)NC1CCC(OC(=O)Nc2cc(CCO)ccc2-c2ccccc2)CC1. The molecule has 1 aliphatic rings. The minimum Gasteiger partial charge on any atom is -0.446 e. The number of aliphatic hydroxyl groups excluding tert-OH is 1. The molecule has 1 aliphatic carbocycles. The van der Waals surface area contributed by atoms with Crippen LogP contribution in [0.2, 0.25) is 0 Å². The molecule has 7 nitrogen and oxygen atoms in total. The second-order valence-corrected chi connectivity index (χ2v) is 9.37. The molecule has 7 heteroatoms. The normalized spacial score (nSPS) is 18.3. The van der Waals surface area contributed by atoms with Gasteiger partial charge >= 0.3 is 12.2 Å². The minimum atomic E-state index is -0.532. The fourth-order valence-corrected chi connectivity index (χ4v) is 3.94. The lowest BCUT2D eigenvalue weighted by Gasteiger charge is -2.30. The summed E-state index contributed by atoms with van der Waals surface area (Å²) in [5.41, 5.74) is 2.92. The highest BCUT2D eigenvalue weighted by Crippen LogP contribution is 2.30. The molecule has 0 aliphatic heterocycles. The first-order valence-electron chi connectivity index (χ1n) is 11.5. The Morgan fingerprint density at radius 1 is 1.00 bits per heavy atom. The van der Waals surface area contributed by atoms with Crippen LogP contribution in [0.1, 0.15) is 52.0 Å². The van der Waals surface area contributed by atoms with Gasteiger partial charge in [-0.05, 0) is 70.1 Å². The van der Waals surface area contributed by atoms with E-state index in [0.29, 0.717) is 24.9 Å². The van der Waals surface area contributed by atoms with Gasteiger partial charge in [0.15, 0.2) is 0 Å². The van der Waals surface area contributed by atoms with Crippen LogP contribution in [0.3, 0.4) is 0 Å². The summed E-state index contributed by atoms with van der Waals surface area (Å²) in [4.78, 5) is 24.6. The van der Waals surface area contributed by atoms with E-state index in [1.54, 1.807) is 0 Å². The van der Waals surface area contributed by atoms with Crippen LogP contribution < -0.4 is 10.6 Å². The summed E-state index contributed by atoms with van der Waals surface area (Å²) in [7, 11) is 0. The molecule has 0 aromatic heterocycles. The molecule has 0 saturated heterocycles. The first-order chi connectivity index (χ1) is 15.7. The fourth-order valence-electron chi connectivity index (χ4n) is 3.94. The number of benzene rings is 2. The Labute approximate surface area is 195 Å². The topological polar surface area (TPSA) is 96.9 Å². The summed E-state index contributed by atoms with van der Waals surface area (Å²) in [5.74, 6) is 0. The fraction of sp³-hybridized carbons (Fsp3) is 0.462. The van der Waals surface area contributed by atoms with Gasteiger partial charge in [0.1, 0.15) is 11.7 Å². The van der Waals surface area contributed by atoms with Crippen molar-refractivity contribution in [1.29, 1.82) is 0 Å². The van der Waals surface area contributed by atoms with Crippen LogP contribution in [0, 0.1) is 0 Å². The van der Waals surface area contributed by atoms with Crippen molar-refractivity contribution < 1.29 is 24.2 Å². The summed E-state index contributed by atoms with van der Waals surface area (Å²) in [5, 5.41) is 15.1. The lowest BCUT2D eigenvalue weighted by molar-refractivity contribution is 0.0440. The molecule has 0 bridgehead atoms. The third-order valence-electron chi connectivity index (χ3n) is 5.47. The predicted octanol–water partition coefficient (Wildman–Crippen LogP) is 5.27. The molecule has 2 aromatic rings. The third kappa shape index (κ3) is 7.79. The molecule has 3 N–H and O–H groups in total. The third-order valence-corrected chi connectivity index (χ3v) is 5.47. The maximum atomic E-state index is 12.7. The summed E-state index contributed by atoms with van der Waals surface area (Å²) in [6.45, 7) is 5.53. The van der Waals surface area contributed by atoms with E-state index in [9.17, 15) is 14.7 Å². The molecular weight excluding hydrogens is 420 g/mol. The van der Waals surface area contributed by atoms with Gasteiger partial charge in [0, 0.05) is 18.2 Å². The molecule has 2 aromatic carbocycles. The number of carbonyl (C=O) groups is 2. The molecule has 178 valence electrons. The van der Waals surface area contributed by atoms with E-state index in [-0.39, 0.29) is 18.8 Å². The van der Waals surface area contributed by atoms with Crippen molar-refractivity contribution in [2.24, 2.45) is 0 Å². The van der Waals surface area contributed by atoms with Gasteiger partial charge in [-0.25, -0.2) is 9.59 Å². The van der Waals surface area contributed by atoms with E-state index in [0.717, 1.165) is 29.5 Å². The Morgan fingerprint density at radius 2 is 1.70 bits per heavy atom. The zero-order valence-corrected chi connectivity index (χ0v) is 19.6. The van der Waals surface area contributed by atoms with Crippen molar-refractivity contribution in [2.75, 3.05) is 11.9 Å². The highest BCUT2D eigenvalue weighted by molar-refractivity contribution is 5.91. The van der Waals surface area contributed by atoms with Crippen molar-refractivity contribution in [3.63, 3.8) is 0 Å². The zero-order valence-electron chi connectivity index (χ0n) is 19.6. The van der Waals surface area contributed by atoms with Crippen LogP contribution >= 0.6 is 0 Å². The highest BCUT2D eigenvalue weighted by Gasteiger charge is 2.27. The highest BCUT2D eigenvalue weighted by atomic mass is 16.6. The van der Waals surface area contributed by atoms with E-state index >= 15 is 0 Å². The van der Waals surface area contributed by atoms with Crippen LogP contribution in [-0.2, 0) is 15.9 Å². The molecule has 1 saturated carbocycles. The molecule has 0 heterocycles. The Morgan fingerprint density at radius 3 is 2.33 bits per heavy atom. The summed E-state index contributed by atoms with van der Waals surface area (Å²) in [6, 6.07) is 15.6. The molecule has 2 amide bonds. The van der Waals surface area contributed by atoms with Gasteiger partial charge < -0.3 is 19.9 Å². The Kier molecular flexibility index (Phi) is 8.33. The molecule has 33 heavy (non-hydrogen) atoms. The summed E-state index contributed by atoms with van der Waals surface area (Å²) >= 11 is 0. The van der Waals surface area contributed by atoms with E-state index in [4.69, 9.17) is 9.47 Å². The van der Waals surface area contributed by atoms with Crippen molar-refractivity contribution >= 4 is 17.9 Å². The number of alkyl carbamates (subject to hydrolysis) is 1. The van der Waals surface area contributed by atoms with Crippen molar-refractivity contribution in [3.05, 3.63) is 54.1 Å². The van der Waals surface area contributed by atoms with E-state index < -0.39 is 17.8 Å². The quantitative estimate of drug-likeness (QED) is 0.552. The first kappa shape index (κ1) is 24.6. The van der Waals surface area contributed by atoms with Gasteiger partial charge in [0.25, 0.3) is 0 Å². The predicted molar refractivity (Wildman–Crippen MR) is 128 cm³/mol. The van der Waals surface area contributed by atoms with Crippen LogP contribution in [-0.4, -0.2) is 41.6 Å². The Hall–Kier alpha value is -3.06. The monoisotopic (exact) mass is 454 g/mol. The summed E-state index contributed by atoms with van der Waals surface area (Å²) < 4.78 is 11.0. The van der Waals surface area contributed by atoms with Crippen LogP contribution in [0.15, 0.2) is 48.5 Å². The number of hydrogen-bond acceptors (Lipinski definition) is 5. The van der Waals surface area contributed by atoms with Gasteiger partial charge in [-0.2, -0.15) is 0 Å². The smallest absolute Gasteiger partial charge is 0.411 e. The number of aliphatic hydroxyl groups is 1. The van der Waals surface area contributed by atoms with Gasteiger partial charge in [0.05, 0.1) is 5.69 Å². The average Bonchev–Trinajstić information content (AvgIpc) is 2.75. The second-order valence-electron chi connectivity index (χ2n) is 9.37. The zero-order chi connectivity index (χ0) is 23.8. The maximum absolute atomic E-state index is 12.7. The van der Waals surface area contributed by atoms with Gasteiger partial charge in [-0.15, -0.1) is 0 Å². The van der Waals surface area contributed by atoms with Crippen molar-refractivity contribution in [1.82, 2.24) is 5.32 Å². The molecule has 3 rings (SSSR count). The van der Waals surface area contributed by atoms with E-state index in [1.807, 2.05) is 69.3 Å². The second kappa shape index (κ2) is 11.2. The van der Waals surface area contributed by atoms with Crippen molar-refractivity contribution in [3.8, 4) is 11.1 Å². The van der Waals surface area contributed by atoms with E-state index in [1.165, 1.54) is 0 Å². The molecular formula is C26H34N2O5. The van der Waals surface area contributed by atoms with Crippen LogP contribution in [0.5, 0.6) is 0 Å². The standard InChI is InChI=1S/C26H34N2O5/c1-26(2,3)33-25(31)27-20-10-12-21(13-11-20)32-24(30)28-23-17-18(15-16-29)9-14-22(23)19-7-5-4-6-8-19/h4-9,14,17,20-21,29H,10-13,15-16H2,1-3H3,(H,27,31)(H,28,30). The number of anilines is 1. The number of hydrogen-bond donors (Lipinski definition) is 3. The lowest BCUT2D eigenvalue weighted by atomic mass is 9.93. The Bertz CT molecular complexity index is 931. The van der Waals surface area contributed by atoms with Gasteiger partial charge in [0.2, 0.25) is 0 Å². The average molecular weight is 455 g/mol. The van der Waals surface area contributed by atoms with Crippen LogP contribution in [0.25, 0.3) is 11.1 Å². The van der Waals surface area contributed by atoms with Crippen LogP contribution in [0.4, 0.5) is 15.3 Å². The number of amides is 2. The number of carbonyl (C=O) groups excluding carboxylic acids is 2. The Balaban J connectivity index is 1.57. The number of ether oxygens (including phenoxy) is 2. The molecule has 0 unspecified atom stereocenters. The first-order valence-corrected chi connectivity index (χ1v) is 11.5. The largest absolute Gasteiger partial charge is 0.446 e. The van der Waals surface area contributed by atoms with E-state index in [2.05, 4.69) is 10.6 Å². The molecule has 0 radical (unpaired) electrons. The minimum absolute atomic E-state index is 0.0163. The van der Waals surface area contributed by atoms with Gasteiger partial charge in [-0.1, -0.05) is 42.5 Å². The number of rotatable bonds is 6. The molecule has 0 spiro atoms. The summed E-state index contributed by atoms with van der Waals surface area (Å²) in [6.07, 6.45) is 2.17. The van der Waals surface area contributed by atoms with Crippen molar-refractivity contribution in [2.45, 2.75) is 70.6 Å². The molecule has 0 atom stereocenters. The number of nitrogens with one attached hydrogen (secondary N) is 2. The lowest BCUT2D eigenvalue weighted by Crippen LogP contribution is -2.42. The maximum Gasteiger partial charge on any atom is 0.411 e. The molecule has 1 fully saturated rings.